The number of fused-ring (bicyclic) bond motifs is 1. The molecule has 1 saturated heterocycles. The summed E-state index contributed by atoms with van der Waals surface area (Å²) < 4.78 is 21.5. The van der Waals surface area contributed by atoms with E-state index in [2.05, 4.69) is 15.9 Å². The Morgan fingerprint density at radius 2 is 1.42 bits per heavy atom. The summed E-state index contributed by atoms with van der Waals surface area (Å²) in [5, 5.41) is -0.934. The molecular weight excluding hydrogens is 549 g/mol. The number of nitrogens with zero attached hydrogens (tertiary/aromatic N) is 1. The van der Waals surface area contributed by atoms with Gasteiger partial charge in [0.15, 0.2) is 12.2 Å². The molecule has 0 saturated carbocycles. The lowest BCUT2D eigenvalue weighted by molar-refractivity contribution is -0.216. The van der Waals surface area contributed by atoms with Gasteiger partial charge in [-0.25, -0.2) is 0 Å². The number of carbonyl (C=O) groups excluding carboxylic acids is 5. The van der Waals surface area contributed by atoms with E-state index in [1.165, 1.54) is 19.1 Å². The summed E-state index contributed by atoms with van der Waals surface area (Å²) in [4.78, 5) is 62.2. The van der Waals surface area contributed by atoms with Crippen molar-refractivity contribution in [3.63, 3.8) is 0 Å². The molecular formula is C20H18BrCl2NO9. The highest BCUT2D eigenvalue weighted by Crippen LogP contribution is 2.38. The second-order valence-electron chi connectivity index (χ2n) is 7.26. The van der Waals surface area contributed by atoms with Crippen molar-refractivity contribution >= 4 is 68.9 Å². The quantitative estimate of drug-likeness (QED) is 0.229. The van der Waals surface area contributed by atoms with E-state index in [-0.39, 0.29) is 27.8 Å². The molecule has 0 N–H and O–H groups in total. The smallest absolute Gasteiger partial charge is 0.303 e. The standard InChI is InChI=1S/C20H18BrCl2NO9/c1-7(25)30-6-14-16(31-8(2)26)17(32-9(3)27)15(18(21)33-14)24-19(28)10-4-12(22)13(23)5-11(10)20(24)29/h4-5,14-18H,6H2,1-3H3/t14-,15-,16-,17-,18?/m1/s1. The maximum atomic E-state index is 13.2. The Kier molecular flexibility index (Phi) is 7.67. The van der Waals surface area contributed by atoms with E-state index < -0.39 is 59.1 Å². The predicted molar refractivity (Wildman–Crippen MR) is 116 cm³/mol. The number of rotatable bonds is 5. The van der Waals surface area contributed by atoms with Crippen molar-refractivity contribution < 1.29 is 42.9 Å². The summed E-state index contributed by atoms with van der Waals surface area (Å²) in [6.45, 7) is 3.07. The van der Waals surface area contributed by atoms with E-state index in [1.54, 1.807) is 0 Å². The molecule has 10 nitrogen and oxygen atoms in total. The van der Waals surface area contributed by atoms with Gasteiger partial charge >= 0.3 is 17.9 Å². The van der Waals surface area contributed by atoms with Crippen LogP contribution in [-0.4, -0.2) is 70.6 Å². The Morgan fingerprint density at radius 1 is 0.939 bits per heavy atom. The lowest BCUT2D eigenvalue weighted by Crippen LogP contribution is -2.65. The molecule has 1 unspecified atom stereocenters. The molecule has 0 bridgehead atoms. The maximum Gasteiger partial charge on any atom is 0.303 e. The van der Waals surface area contributed by atoms with Crippen LogP contribution >= 0.6 is 39.1 Å². The molecule has 0 aromatic heterocycles. The highest BCUT2D eigenvalue weighted by atomic mass is 79.9. The Hall–Kier alpha value is -2.21. The minimum atomic E-state index is -1.35. The summed E-state index contributed by atoms with van der Waals surface area (Å²) in [5.41, 5.74) is 0.00324. The fraction of sp³-hybridized carbons (Fsp3) is 0.450. The largest absolute Gasteiger partial charge is 0.463 e. The van der Waals surface area contributed by atoms with Crippen LogP contribution in [0, 0.1) is 0 Å². The minimum absolute atomic E-state index is 0.00162. The fourth-order valence-electron chi connectivity index (χ4n) is 3.66. The van der Waals surface area contributed by atoms with Crippen molar-refractivity contribution in [2.24, 2.45) is 0 Å². The molecule has 0 radical (unpaired) electrons. The van der Waals surface area contributed by atoms with Crippen molar-refractivity contribution in [2.75, 3.05) is 6.61 Å². The van der Waals surface area contributed by atoms with Crippen molar-refractivity contribution in [2.45, 2.75) is 50.1 Å². The number of ether oxygens (including phenoxy) is 4. The first-order valence-electron chi connectivity index (χ1n) is 9.56. The molecule has 1 aromatic carbocycles. The Bertz CT molecular complexity index is 992. The van der Waals surface area contributed by atoms with Crippen LogP contribution < -0.4 is 0 Å². The van der Waals surface area contributed by atoms with Crippen LogP contribution in [-0.2, 0) is 33.3 Å². The molecule has 1 fully saturated rings. The number of halogens is 3. The third-order valence-electron chi connectivity index (χ3n) is 4.91. The maximum absolute atomic E-state index is 13.2. The average molecular weight is 567 g/mol. The first-order chi connectivity index (χ1) is 15.4. The number of imide groups is 1. The van der Waals surface area contributed by atoms with Gasteiger partial charge in [0.25, 0.3) is 11.8 Å². The number of alkyl halides is 1. The first kappa shape index (κ1) is 25.4. The van der Waals surface area contributed by atoms with Crippen LogP contribution in [0.3, 0.4) is 0 Å². The summed E-state index contributed by atoms with van der Waals surface area (Å²) in [6, 6.07) is 1.28. The summed E-state index contributed by atoms with van der Waals surface area (Å²) >= 11 is 15.3. The molecule has 33 heavy (non-hydrogen) atoms. The second kappa shape index (κ2) is 9.96. The van der Waals surface area contributed by atoms with Gasteiger partial charge in [0.1, 0.15) is 23.8 Å². The van der Waals surface area contributed by atoms with E-state index >= 15 is 0 Å². The van der Waals surface area contributed by atoms with Crippen molar-refractivity contribution in [3.05, 3.63) is 33.3 Å². The van der Waals surface area contributed by atoms with Gasteiger partial charge in [-0.1, -0.05) is 39.1 Å². The highest BCUT2D eigenvalue weighted by molar-refractivity contribution is 9.09. The highest BCUT2D eigenvalue weighted by Gasteiger charge is 2.56. The summed E-state index contributed by atoms with van der Waals surface area (Å²) in [5.74, 6) is -3.60. The monoisotopic (exact) mass is 565 g/mol. The molecule has 2 aliphatic rings. The minimum Gasteiger partial charge on any atom is -0.463 e. The number of benzene rings is 1. The molecule has 2 amide bonds. The Balaban J connectivity index is 2.04. The predicted octanol–water partition coefficient (Wildman–Crippen LogP) is 2.50. The molecule has 2 aliphatic heterocycles. The normalized spacial score (nSPS) is 26.6. The van der Waals surface area contributed by atoms with Crippen LogP contribution in [0.1, 0.15) is 41.5 Å². The van der Waals surface area contributed by atoms with Gasteiger partial charge < -0.3 is 18.9 Å². The third-order valence-corrected chi connectivity index (χ3v) is 6.39. The van der Waals surface area contributed by atoms with Gasteiger partial charge in [-0.2, -0.15) is 0 Å². The molecule has 0 spiro atoms. The molecule has 2 heterocycles. The molecule has 5 atom stereocenters. The molecule has 178 valence electrons. The molecule has 13 heteroatoms. The topological polar surface area (TPSA) is 126 Å². The van der Waals surface area contributed by atoms with E-state index in [9.17, 15) is 24.0 Å². The number of hydrogen-bond donors (Lipinski definition) is 0. The lowest BCUT2D eigenvalue weighted by atomic mass is 9.96. The van der Waals surface area contributed by atoms with Crippen LogP contribution in [0.4, 0.5) is 0 Å². The van der Waals surface area contributed by atoms with E-state index in [1.807, 2.05) is 0 Å². The van der Waals surface area contributed by atoms with Crippen molar-refractivity contribution in [3.8, 4) is 0 Å². The number of hydrogen-bond acceptors (Lipinski definition) is 9. The van der Waals surface area contributed by atoms with Gasteiger partial charge in [0.2, 0.25) is 0 Å². The zero-order chi connectivity index (χ0) is 24.6. The lowest BCUT2D eigenvalue weighted by Gasteiger charge is -2.45. The van der Waals surface area contributed by atoms with E-state index in [4.69, 9.17) is 42.1 Å². The first-order valence-corrected chi connectivity index (χ1v) is 11.2. The van der Waals surface area contributed by atoms with Gasteiger partial charge in [-0.05, 0) is 12.1 Å². The van der Waals surface area contributed by atoms with Gasteiger partial charge in [0, 0.05) is 20.8 Å². The fourth-order valence-corrected chi connectivity index (χ4v) is 4.81. The third kappa shape index (κ3) is 5.16. The molecule has 3 rings (SSSR count). The SMILES string of the molecule is CC(=O)OC[C@H]1OC(Br)[C@H](N2C(=O)c3cc(Cl)c(Cl)cc3C2=O)[C@@H](OC(C)=O)[C@@H]1OC(C)=O. The van der Waals surface area contributed by atoms with Crippen LogP contribution in [0.25, 0.3) is 0 Å². The van der Waals surface area contributed by atoms with Crippen LogP contribution in [0.2, 0.25) is 10.0 Å². The van der Waals surface area contributed by atoms with E-state index in [0.717, 1.165) is 18.7 Å². The average Bonchev–Trinajstić information content (AvgIpc) is 2.93. The van der Waals surface area contributed by atoms with Gasteiger partial charge in [0.05, 0.1) is 21.2 Å². The second-order valence-corrected chi connectivity index (χ2v) is 8.98. The zero-order valence-electron chi connectivity index (χ0n) is 17.5. The van der Waals surface area contributed by atoms with E-state index in [0.29, 0.717) is 0 Å². The molecule has 0 aliphatic carbocycles. The number of carbonyl (C=O) groups is 5. The number of esters is 3. The van der Waals surface area contributed by atoms with Crippen LogP contribution in [0.15, 0.2) is 12.1 Å². The Labute approximate surface area is 206 Å². The van der Waals surface area contributed by atoms with Crippen molar-refractivity contribution in [1.82, 2.24) is 4.90 Å². The number of amides is 2. The van der Waals surface area contributed by atoms with Crippen LogP contribution in [0.5, 0.6) is 0 Å². The summed E-state index contributed by atoms with van der Waals surface area (Å²) in [7, 11) is 0. The Morgan fingerprint density at radius 3 is 1.88 bits per heavy atom. The van der Waals surface area contributed by atoms with Gasteiger partial charge in [-0.3, -0.25) is 28.9 Å². The zero-order valence-corrected chi connectivity index (χ0v) is 20.6. The van der Waals surface area contributed by atoms with Gasteiger partial charge in [-0.15, -0.1) is 0 Å². The molecule has 1 aromatic rings. The summed E-state index contributed by atoms with van der Waals surface area (Å²) in [6.07, 6.45) is -3.72. The van der Waals surface area contributed by atoms with Crippen molar-refractivity contribution in [1.29, 1.82) is 0 Å².